The highest BCUT2D eigenvalue weighted by atomic mass is 15.2. The molecule has 1 saturated heterocycles. The Labute approximate surface area is 50.7 Å². The number of nitrogens with one attached hydrogen (secondary N) is 2. The van der Waals surface area contributed by atoms with Gasteiger partial charge in [-0.3, -0.25) is 5.32 Å². The van der Waals surface area contributed by atoms with Crippen molar-refractivity contribution in [3.8, 4) is 0 Å². The smallest absolute Gasteiger partial charge is 0.0585 e. The molecule has 0 bridgehead atoms. The molecule has 48 valence electrons. The lowest BCUT2D eigenvalue weighted by Gasteiger charge is -2.30. The minimum Gasteiger partial charge on any atom is -0.302 e. The molecule has 0 amide bonds. The molecule has 0 aromatic rings. The monoisotopic (exact) mass is 114 g/mol. The quantitative estimate of drug-likeness (QED) is 0.539. The van der Waals surface area contributed by atoms with E-state index >= 15 is 0 Å². The van der Waals surface area contributed by atoms with E-state index in [2.05, 4.69) is 24.5 Å². The fraction of sp³-hybridized carbons (Fsp3) is 1.00. The van der Waals surface area contributed by atoms with Gasteiger partial charge in [-0.1, -0.05) is 0 Å². The summed E-state index contributed by atoms with van der Waals surface area (Å²) < 4.78 is 0. The molecule has 1 atom stereocenters. The Kier molecular flexibility index (Phi) is 1.86. The van der Waals surface area contributed by atoms with Gasteiger partial charge in [0.2, 0.25) is 0 Å². The van der Waals surface area contributed by atoms with Crippen molar-refractivity contribution < 1.29 is 0 Å². The maximum atomic E-state index is 3.37. The summed E-state index contributed by atoms with van der Waals surface area (Å²) >= 11 is 0. The third-order valence-corrected chi connectivity index (χ3v) is 1.36. The first kappa shape index (κ1) is 6.05. The van der Waals surface area contributed by atoms with E-state index < -0.39 is 0 Å². The van der Waals surface area contributed by atoms with Gasteiger partial charge in [-0.2, -0.15) is 0 Å². The lowest BCUT2D eigenvalue weighted by Crippen LogP contribution is -2.54. The summed E-state index contributed by atoms with van der Waals surface area (Å²) in [7, 11) is 0. The molecule has 8 heavy (non-hydrogen) atoms. The van der Waals surface area contributed by atoms with Gasteiger partial charge < -0.3 is 5.32 Å². The Balaban J connectivity index is 2.01. The van der Waals surface area contributed by atoms with Crippen LogP contribution in [0.3, 0.4) is 0 Å². The molecular weight excluding hydrogens is 100 g/mol. The normalized spacial score (nSPS) is 28.1. The van der Waals surface area contributed by atoms with Crippen LogP contribution in [0.4, 0.5) is 0 Å². The van der Waals surface area contributed by atoms with E-state index in [-0.39, 0.29) is 0 Å². The van der Waals surface area contributed by atoms with Gasteiger partial charge in [0.25, 0.3) is 0 Å². The van der Waals surface area contributed by atoms with Crippen molar-refractivity contribution in [2.75, 3.05) is 6.54 Å². The highest BCUT2D eigenvalue weighted by Gasteiger charge is 2.15. The standard InChI is InChI=1S/C6H14N2/c1-5(2)8-6-3-4-7-6/h5-8H,3-4H2,1-2H3. The van der Waals surface area contributed by atoms with E-state index in [4.69, 9.17) is 0 Å². The summed E-state index contributed by atoms with van der Waals surface area (Å²) in [6.07, 6.45) is 1.90. The zero-order valence-electron chi connectivity index (χ0n) is 5.57. The fourth-order valence-electron chi connectivity index (χ4n) is 0.833. The average molecular weight is 114 g/mol. The lowest BCUT2D eigenvalue weighted by atomic mass is 10.2. The third kappa shape index (κ3) is 1.46. The second kappa shape index (κ2) is 2.46. The fourth-order valence-corrected chi connectivity index (χ4v) is 0.833. The molecule has 2 N–H and O–H groups in total. The van der Waals surface area contributed by atoms with Crippen LogP contribution in [0, 0.1) is 0 Å². The summed E-state index contributed by atoms with van der Waals surface area (Å²) in [6.45, 7) is 5.52. The van der Waals surface area contributed by atoms with Gasteiger partial charge in [-0.15, -0.1) is 0 Å². The molecule has 0 aromatic carbocycles. The molecule has 1 fully saturated rings. The second-order valence-electron chi connectivity index (χ2n) is 2.62. The van der Waals surface area contributed by atoms with Crippen molar-refractivity contribution in [1.29, 1.82) is 0 Å². The number of hydrogen-bond acceptors (Lipinski definition) is 2. The molecule has 2 nitrogen and oxygen atoms in total. The van der Waals surface area contributed by atoms with Crippen LogP contribution < -0.4 is 10.6 Å². The van der Waals surface area contributed by atoms with Gasteiger partial charge in [0.1, 0.15) is 0 Å². The predicted molar refractivity (Wildman–Crippen MR) is 34.7 cm³/mol. The van der Waals surface area contributed by atoms with E-state index in [1.807, 2.05) is 0 Å². The maximum absolute atomic E-state index is 3.37. The van der Waals surface area contributed by atoms with Crippen LogP contribution in [0.25, 0.3) is 0 Å². The van der Waals surface area contributed by atoms with E-state index in [9.17, 15) is 0 Å². The van der Waals surface area contributed by atoms with E-state index in [1.54, 1.807) is 0 Å². The third-order valence-electron chi connectivity index (χ3n) is 1.36. The highest BCUT2D eigenvalue weighted by Crippen LogP contribution is 1.97. The second-order valence-corrected chi connectivity index (χ2v) is 2.62. The molecule has 0 radical (unpaired) electrons. The zero-order valence-corrected chi connectivity index (χ0v) is 5.57. The Morgan fingerprint density at radius 1 is 1.62 bits per heavy atom. The predicted octanol–water partition coefficient (Wildman–Crippen LogP) is 0.304. The summed E-state index contributed by atoms with van der Waals surface area (Å²) in [4.78, 5) is 0. The van der Waals surface area contributed by atoms with Crippen molar-refractivity contribution in [3.63, 3.8) is 0 Å². The molecule has 0 spiro atoms. The minimum absolute atomic E-state index is 0.606. The summed E-state index contributed by atoms with van der Waals surface area (Å²) in [5.41, 5.74) is 0. The van der Waals surface area contributed by atoms with E-state index in [0.717, 1.165) is 0 Å². The van der Waals surface area contributed by atoms with Crippen LogP contribution in [-0.2, 0) is 0 Å². The van der Waals surface area contributed by atoms with Gasteiger partial charge in [0.05, 0.1) is 6.17 Å². The molecule has 1 unspecified atom stereocenters. The first-order chi connectivity index (χ1) is 3.79. The number of hydrogen-bond donors (Lipinski definition) is 2. The zero-order chi connectivity index (χ0) is 5.98. The van der Waals surface area contributed by atoms with Crippen molar-refractivity contribution in [1.82, 2.24) is 10.6 Å². The van der Waals surface area contributed by atoms with Gasteiger partial charge in [0.15, 0.2) is 0 Å². The first-order valence-corrected chi connectivity index (χ1v) is 3.28. The Morgan fingerprint density at radius 2 is 2.25 bits per heavy atom. The molecule has 1 rings (SSSR count). The molecule has 0 saturated carbocycles. The van der Waals surface area contributed by atoms with Crippen LogP contribution in [0.5, 0.6) is 0 Å². The van der Waals surface area contributed by atoms with E-state index in [1.165, 1.54) is 13.0 Å². The van der Waals surface area contributed by atoms with Crippen molar-refractivity contribution in [2.45, 2.75) is 32.5 Å². The van der Waals surface area contributed by atoms with E-state index in [0.29, 0.717) is 12.2 Å². The highest BCUT2D eigenvalue weighted by molar-refractivity contribution is 4.75. The molecular formula is C6H14N2. The van der Waals surface area contributed by atoms with Crippen LogP contribution in [0.1, 0.15) is 20.3 Å². The van der Waals surface area contributed by atoms with Crippen LogP contribution in [-0.4, -0.2) is 18.8 Å². The molecule has 0 aromatic heterocycles. The molecule has 2 heteroatoms. The molecule has 1 aliphatic rings. The van der Waals surface area contributed by atoms with Gasteiger partial charge >= 0.3 is 0 Å². The lowest BCUT2D eigenvalue weighted by molar-refractivity contribution is 0.290. The SMILES string of the molecule is CC(C)NC1CCN1. The Hall–Kier alpha value is -0.0800. The summed E-state index contributed by atoms with van der Waals surface area (Å²) in [5, 5.41) is 6.63. The van der Waals surface area contributed by atoms with Crippen LogP contribution in [0.15, 0.2) is 0 Å². The largest absolute Gasteiger partial charge is 0.302 e. The Morgan fingerprint density at radius 3 is 2.38 bits per heavy atom. The maximum Gasteiger partial charge on any atom is 0.0585 e. The molecule has 1 aliphatic heterocycles. The number of rotatable bonds is 2. The van der Waals surface area contributed by atoms with Crippen LogP contribution in [0.2, 0.25) is 0 Å². The van der Waals surface area contributed by atoms with Gasteiger partial charge in [-0.25, -0.2) is 0 Å². The first-order valence-electron chi connectivity index (χ1n) is 3.28. The van der Waals surface area contributed by atoms with Crippen molar-refractivity contribution in [3.05, 3.63) is 0 Å². The van der Waals surface area contributed by atoms with Crippen molar-refractivity contribution in [2.24, 2.45) is 0 Å². The summed E-state index contributed by atoms with van der Waals surface area (Å²) in [5.74, 6) is 0. The average Bonchev–Trinajstić information content (AvgIpc) is 1.55. The van der Waals surface area contributed by atoms with Crippen molar-refractivity contribution >= 4 is 0 Å². The summed E-state index contributed by atoms with van der Waals surface area (Å²) in [6, 6.07) is 0.618. The van der Waals surface area contributed by atoms with Gasteiger partial charge in [0, 0.05) is 6.04 Å². The molecule has 0 aliphatic carbocycles. The topological polar surface area (TPSA) is 24.1 Å². The Bertz CT molecular complexity index is 66.9. The minimum atomic E-state index is 0.606. The molecule has 1 heterocycles. The van der Waals surface area contributed by atoms with Crippen LogP contribution >= 0.6 is 0 Å². The van der Waals surface area contributed by atoms with Gasteiger partial charge in [-0.05, 0) is 26.8 Å².